The van der Waals surface area contributed by atoms with E-state index in [9.17, 15) is 0 Å². The van der Waals surface area contributed by atoms with Crippen molar-refractivity contribution in [2.24, 2.45) is 0 Å². The molecule has 1 heterocycles. The lowest BCUT2D eigenvalue weighted by atomic mass is 10.3. The third-order valence-corrected chi connectivity index (χ3v) is 2.56. The quantitative estimate of drug-likeness (QED) is 0.659. The van der Waals surface area contributed by atoms with Gasteiger partial charge in [0.2, 0.25) is 0 Å². The minimum atomic E-state index is -0.329. The second-order valence-electron chi connectivity index (χ2n) is 2.35. The van der Waals surface area contributed by atoms with Gasteiger partial charge in [-0.2, -0.15) is 5.10 Å². The van der Waals surface area contributed by atoms with Crippen LogP contribution in [0.15, 0.2) is 11.5 Å². The van der Waals surface area contributed by atoms with Crippen LogP contribution in [-0.4, -0.2) is 31.6 Å². The Bertz CT molecular complexity index is 200. The van der Waals surface area contributed by atoms with Crippen LogP contribution < -0.4 is 0 Å². The number of hydrogen-bond donors (Lipinski definition) is 2. The van der Waals surface area contributed by atoms with Crippen molar-refractivity contribution < 1.29 is 5.11 Å². The number of nitrogens with zero attached hydrogens (tertiary/aromatic N) is 2. The Hall–Kier alpha value is -0.550. The molecule has 1 aromatic heterocycles. The largest absolute Gasteiger partial charge is 0.392 e. The first-order chi connectivity index (χ1) is 5.20. The zero-order chi connectivity index (χ0) is 8.27. The van der Waals surface area contributed by atoms with E-state index in [1.54, 1.807) is 6.92 Å². The van der Waals surface area contributed by atoms with Crippen LogP contribution in [0.3, 0.4) is 0 Å². The maximum absolute atomic E-state index is 9.14. The molecular weight excluding hydrogens is 162 g/mol. The van der Waals surface area contributed by atoms with Gasteiger partial charge in [-0.3, -0.25) is 5.10 Å². The van der Waals surface area contributed by atoms with E-state index < -0.39 is 0 Å². The van der Waals surface area contributed by atoms with E-state index in [0.717, 1.165) is 5.16 Å². The van der Waals surface area contributed by atoms with E-state index in [1.165, 1.54) is 18.1 Å². The maximum Gasteiger partial charge on any atom is 0.183 e. The number of H-pyrrole nitrogens is 1. The van der Waals surface area contributed by atoms with Crippen LogP contribution in [0, 0.1) is 0 Å². The van der Waals surface area contributed by atoms with Gasteiger partial charge in [-0.1, -0.05) is 18.7 Å². The fraction of sp³-hybridized carbons (Fsp3) is 0.667. The number of hydrogen-bond acceptors (Lipinski definition) is 4. The summed E-state index contributed by atoms with van der Waals surface area (Å²) in [6.07, 6.45) is 1.13. The third kappa shape index (κ3) is 2.51. The van der Waals surface area contributed by atoms with Crippen molar-refractivity contribution in [1.29, 1.82) is 0 Å². The van der Waals surface area contributed by atoms with Crippen molar-refractivity contribution in [3.8, 4) is 0 Å². The summed E-state index contributed by atoms with van der Waals surface area (Å²) < 4.78 is 0. The summed E-state index contributed by atoms with van der Waals surface area (Å²) in [6.45, 7) is 3.70. The zero-order valence-corrected chi connectivity index (χ0v) is 7.30. The van der Waals surface area contributed by atoms with Gasteiger partial charge >= 0.3 is 0 Å². The Kier molecular flexibility index (Phi) is 2.90. The predicted octanol–water partition coefficient (Wildman–Crippen LogP) is 0.666. The molecule has 0 aliphatic rings. The van der Waals surface area contributed by atoms with Crippen LogP contribution in [0.4, 0.5) is 0 Å². The number of rotatable bonds is 3. The zero-order valence-electron chi connectivity index (χ0n) is 6.48. The number of thioether (sulfide) groups is 1. The molecule has 0 aliphatic carbocycles. The van der Waals surface area contributed by atoms with Crippen molar-refractivity contribution in [3.05, 3.63) is 6.33 Å². The third-order valence-electron chi connectivity index (χ3n) is 1.37. The van der Waals surface area contributed by atoms with Gasteiger partial charge in [-0.25, -0.2) is 4.98 Å². The summed E-state index contributed by atoms with van der Waals surface area (Å²) in [7, 11) is 0. The first-order valence-corrected chi connectivity index (χ1v) is 4.28. The highest BCUT2D eigenvalue weighted by Gasteiger charge is 2.11. The molecule has 0 fully saturated rings. The second-order valence-corrected chi connectivity index (χ2v) is 3.72. The van der Waals surface area contributed by atoms with Crippen molar-refractivity contribution in [3.63, 3.8) is 0 Å². The van der Waals surface area contributed by atoms with Gasteiger partial charge in [0.1, 0.15) is 6.33 Å². The molecule has 0 amide bonds. The van der Waals surface area contributed by atoms with Crippen LogP contribution in [0.1, 0.15) is 13.8 Å². The highest BCUT2D eigenvalue weighted by Crippen LogP contribution is 2.20. The Morgan fingerprint density at radius 1 is 1.64 bits per heavy atom. The Labute approximate surface area is 69.4 Å². The minimum Gasteiger partial charge on any atom is -0.392 e. The average molecular weight is 173 g/mol. The fourth-order valence-electron chi connectivity index (χ4n) is 0.526. The number of aromatic amines is 1. The summed E-state index contributed by atoms with van der Waals surface area (Å²) in [5.41, 5.74) is 0. The van der Waals surface area contributed by atoms with Gasteiger partial charge in [0, 0.05) is 5.25 Å². The number of aliphatic hydroxyl groups is 1. The molecule has 2 atom stereocenters. The fourth-order valence-corrected chi connectivity index (χ4v) is 1.29. The molecule has 0 saturated heterocycles. The topological polar surface area (TPSA) is 61.8 Å². The molecule has 62 valence electrons. The van der Waals surface area contributed by atoms with Crippen molar-refractivity contribution in [2.45, 2.75) is 30.4 Å². The summed E-state index contributed by atoms with van der Waals surface area (Å²) >= 11 is 1.48. The lowest BCUT2D eigenvalue weighted by Gasteiger charge is -2.10. The van der Waals surface area contributed by atoms with Gasteiger partial charge in [0.25, 0.3) is 0 Å². The Balaban J connectivity index is 2.43. The summed E-state index contributed by atoms with van der Waals surface area (Å²) in [4.78, 5) is 3.92. The van der Waals surface area contributed by atoms with Gasteiger partial charge in [-0.15, -0.1) is 0 Å². The Morgan fingerprint density at radius 2 is 2.36 bits per heavy atom. The van der Waals surface area contributed by atoms with Gasteiger partial charge in [-0.05, 0) is 6.92 Å². The molecule has 0 aliphatic heterocycles. The minimum absolute atomic E-state index is 0.142. The van der Waals surface area contributed by atoms with Gasteiger partial charge < -0.3 is 5.11 Å². The van der Waals surface area contributed by atoms with Crippen LogP contribution >= 0.6 is 11.8 Å². The van der Waals surface area contributed by atoms with Crippen LogP contribution in [0.5, 0.6) is 0 Å². The molecule has 0 spiro atoms. The summed E-state index contributed by atoms with van der Waals surface area (Å²) in [5.74, 6) is 0. The summed E-state index contributed by atoms with van der Waals surface area (Å²) in [5, 5.41) is 16.4. The molecule has 0 bridgehead atoms. The number of nitrogens with one attached hydrogen (secondary N) is 1. The van der Waals surface area contributed by atoms with Crippen molar-refractivity contribution in [2.75, 3.05) is 0 Å². The molecular formula is C6H11N3OS. The van der Waals surface area contributed by atoms with E-state index in [4.69, 9.17) is 5.11 Å². The summed E-state index contributed by atoms with van der Waals surface area (Å²) in [6, 6.07) is 0. The normalized spacial score (nSPS) is 16.3. The molecule has 11 heavy (non-hydrogen) atoms. The Morgan fingerprint density at radius 3 is 2.82 bits per heavy atom. The van der Waals surface area contributed by atoms with Crippen LogP contribution in [0.2, 0.25) is 0 Å². The molecule has 0 radical (unpaired) electrons. The highest BCUT2D eigenvalue weighted by atomic mass is 32.2. The lowest BCUT2D eigenvalue weighted by Crippen LogP contribution is -2.15. The molecule has 4 nitrogen and oxygen atoms in total. The van der Waals surface area contributed by atoms with Crippen LogP contribution in [-0.2, 0) is 0 Å². The van der Waals surface area contributed by atoms with Gasteiger partial charge in [0.05, 0.1) is 6.10 Å². The van der Waals surface area contributed by atoms with Gasteiger partial charge in [0.15, 0.2) is 5.16 Å². The maximum atomic E-state index is 9.14. The second kappa shape index (κ2) is 3.73. The van der Waals surface area contributed by atoms with Crippen LogP contribution in [0.25, 0.3) is 0 Å². The van der Waals surface area contributed by atoms with E-state index in [-0.39, 0.29) is 11.4 Å². The highest BCUT2D eigenvalue weighted by molar-refractivity contribution is 7.99. The first kappa shape index (κ1) is 8.55. The van der Waals surface area contributed by atoms with E-state index in [1.807, 2.05) is 6.92 Å². The number of aromatic nitrogens is 3. The SMILES string of the molecule is CC(O)C(C)Sc1ncn[nH]1. The molecule has 0 aromatic carbocycles. The first-order valence-electron chi connectivity index (χ1n) is 3.40. The standard InChI is InChI=1S/C6H11N3OS/c1-4(10)5(2)11-6-7-3-8-9-6/h3-5,10H,1-2H3,(H,7,8,9). The average Bonchev–Trinajstić information content (AvgIpc) is 2.39. The predicted molar refractivity (Wildman–Crippen MR) is 43.4 cm³/mol. The lowest BCUT2D eigenvalue weighted by molar-refractivity contribution is 0.196. The van der Waals surface area contributed by atoms with E-state index >= 15 is 0 Å². The van der Waals surface area contributed by atoms with Crippen molar-refractivity contribution in [1.82, 2.24) is 15.2 Å². The molecule has 2 N–H and O–H groups in total. The monoisotopic (exact) mass is 173 g/mol. The smallest absolute Gasteiger partial charge is 0.183 e. The molecule has 0 saturated carbocycles. The van der Waals surface area contributed by atoms with E-state index in [2.05, 4.69) is 15.2 Å². The van der Waals surface area contributed by atoms with Crippen molar-refractivity contribution >= 4 is 11.8 Å². The molecule has 5 heteroatoms. The molecule has 1 rings (SSSR count). The molecule has 2 unspecified atom stereocenters. The molecule has 1 aromatic rings. The van der Waals surface area contributed by atoms with E-state index in [0.29, 0.717) is 0 Å². The number of aliphatic hydroxyl groups excluding tert-OH is 1.